The lowest BCUT2D eigenvalue weighted by Gasteiger charge is -2.42. The Morgan fingerprint density at radius 3 is 2.43 bits per heavy atom. The third-order valence-electron chi connectivity index (χ3n) is 3.78. The van der Waals surface area contributed by atoms with E-state index < -0.39 is 0 Å². The second-order valence-corrected chi connectivity index (χ2v) is 4.52. The van der Waals surface area contributed by atoms with E-state index in [0.717, 1.165) is 12.5 Å². The van der Waals surface area contributed by atoms with Crippen molar-refractivity contribution < 1.29 is 14.4 Å². The number of hydrogen-bond acceptors (Lipinski definition) is 2. The van der Waals surface area contributed by atoms with Gasteiger partial charge in [-0.25, -0.2) is 4.79 Å². The minimum Gasteiger partial charge on any atom is -0.465 e. The van der Waals surface area contributed by atoms with E-state index in [1.165, 1.54) is 50.7 Å². The standard InChI is InChI=1S/C11H19NO2/c1-14-11(13)10-7-8-12(10)9-5-3-2-4-6-9/h9-10H,2-8H2,1H3/p+1/t10-/m0/s1. The van der Waals surface area contributed by atoms with Crippen LogP contribution in [0.25, 0.3) is 0 Å². The predicted molar refractivity (Wildman–Crippen MR) is 53.1 cm³/mol. The minimum atomic E-state index is -0.00294. The fourth-order valence-electron chi connectivity index (χ4n) is 2.83. The van der Waals surface area contributed by atoms with E-state index in [4.69, 9.17) is 4.74 Å². The Morgan fingerprint density at radius 2 is 1.93 bits per heavy atom. The van der Waals surface area contributed by atoms with Crippen LogP contribution < -0.4 is 4.90 Å². The molecule has 0 aromatic carbocycles. The molecular weight excluding hydrogens is 178 g/mol. The van der Waals surface area contributed by atoms with Crippen molar-refractivity contribution in [2.75, 3.05) is 13.7 Å². The van der Waals surface area contributed by atoms with Gasteiger partial charge in [-0.15, -0.1) is 0 Å². The molecule has 2 fully saturated rings. The van der Waals surface area contributed by atoms with Crippen LogP contribution in [0.15, 0.2) is 0 Å². The largest absolute Gasteiger partial charge is 0.465 e. The van der Waals surface area contributed by atoms with Crippen LogP contribution in [0.3, 0.4) is 0 Å². The Morgan fingerprint density at radius 1 is 1.21 bits per heavy atom. The first-order chi connectivity index (χ1) is 6.83. The highest BCUT2D eigenvalue weighted by molar-refractivity contribution is 5.74. The summed E-state index contributed by atoms with van der Waals surface area (Å²) >= 11 is 0. The van der Waals surface area contributed by atoms with Gasteiger partial charge >= 0.3 is 5.97 Å². The third kappa shape index (κ3) is 1.78. The fraction of sp³-hybridized carbons (Fsp3) is 0.909. The van der Waals surface area contributed by atoms with E-state index >= 15 is 0 Å². The van der Waals surface area contributed by atoms with Crippen molar-refractivity contribution in [2.45, 2.75) is 50.6 Å². The molecule has 0 spiro atoms. The van der Waals surface area contributed by atoms with Gasteiger partial charge in [0.15, 0.2) is 6.04 Å². The number of carbonyl (C=O) groups excluding carboxylic acids is 1. The maximum atomic E-state index is 11.4. The lowest BCUT2D eigenvalue weighted by atomic mass is 9.89. The molecule has 1 saturated carbocycles. The van der Waals surface area contributed by atoms with E-state index in [1.54, 1.807) is 0 Å². The molecule has 1 unspecified atom stereocenters. The summed E-state index contributed by atoms with van der Waals surface area (Å²) in [4.78, 5) is 12.9. The quantitative estimate of drug-likeness (QED) is 0.640. The molecule has 1 heterocycles. The van der Waals surface area contributed by atoms with Gasteiger partial charge in [0.2, 0.25) is 0 Å². The Kier molecular flexibility index (Phi) is 3.06. The second kappa shape index (κ2) is 4.30. The first kappa shape index (κ1) is 9.97. The van der Waals surface area contributed by atoms with Crippen LogP contribution in [-0.4, -0.2) is 31.7 Å². The molecule has 0 aromatic heterocycles. The van der Waals surface area contributed by atoms with Gasteiger partial charge in [0.1, 0.15) is 0 Å². The number of methoxy groups -OCH3 is 1. The van der Waals surface area contributed by atoms with Crippen molar-refractivity contribution >= 4 is 5.97 Å². The number of hydrogen-bond donors (Lipinski definition) is 1. The van der Waals surface area contributed by atoms with Gasteiger partial charge in [-0.1, -0.05) is 6.42 Å². The Balaban J connectivity index is 1.88. The smallest absolute Gasteiger partial charge is 0.364 e. The fourth-order valence-corrected chi connectivity index (χ4v) is 2.83. The SMILES string of the molecule is COC(=O)[C@@H]1CC[NH+]1C1CCCCC1. The number of ether oxygens (including phenoxy) is 1. The number of carbonyl (C=O) groups is 1. The number of esters is 1. The normalized spacial score (nSPS) is 33.5. The molecule has 2 rings (SSSR count). The Labute approximate surface area is 85.4 Å². The zero-order chi connectivity index (χ0) is 9.97. The van der Waals surface area contributed by atoms with Gasteiger partial charge in [0, 0.05) is 0 Å². The summed E-state index contributed by atoms with van der Waals surface area (Å²) in [5, 5.41) is 0. The molecule has 1 aliphatic heterocycles. The predicted octanol–water partition coefficient (Wildman–Crippen LogP) is 0.149. The monoisotopic (exact) mass is 198 g/mol. The first-order valence-electron chi connectivity index (χ1n) is 5.76. The van der Waals surface area contributed by atoms with Crippen molar-refractivity contribution in [2.24, 2.45) is 0 Å². The molecule has 3 heteroatoms. The van der Waals surface area contributed by atoms with Gasteiger partial charge in [-0.2, -0.15) is 0 Å². The maximum Gasteiger partial charge on any atom is 0.364 e. The average molecular weight is 198 g/mol. The molecule has 2 atom stereocenters. The summed E-state index contributed by atoms with van der Waals surface area (Å²) in [7, 11) is 1.50. The van der Waals surface area contributed by atoms with Crippen molar-refractivity contribution in [1.82, 2.24) is 0 Å². The summed E-state index contributed by atoms with van der Waals surface area (Å²) in [5.41, 5.74) is 0. The van der Waals surface area contributed by atoms with Gasteiger partial charge in [-0.05, 0) is 25.7 Å². The zero-order valence-corrected chi connectivity index (χ0v) is 8.92. The summed E-state index contributed by atoms with van der Waals surface area (Å²) in [6.45, 7) is 1.17. The Hall–Kier alpha value is -0.570. The van der Waals surface area contributed by atoms with Gasteiger partial charge in [0.05, 0.1) is 26.1 Å². The van der Waals surface area contributed by atoms with E-state index in [2.05, 4.69) is 0 Å². The van der Waals surface area contributed by atoms with Crippen LogP contribution in [0.1, 0.15) is 38.5 Å². The van der Waals surface area contributed by atoms with E-state index in [-0.39, 0.29) is 12.0 Å². The molecule has 0 bridgehead atoms. The van der Waals surface area contributed by atoms with Crippen LogP contribution in [0.5, 0.6) is 0 Å². The van der Waals surface area contributed by atoms with Crippen LogP contribution in [0, 0.1) is 0 Å². The number of rotatable bonds is 2. The molecule has 1 aliphatic carbocycles. The summed E-state index contributed by atoms with van der Waals surface area (Å²) in [6, 6.07) is 0.893. The second-order valence-electron chi connectivity index (χ2n) is 4.52. The summed E-state index contributed by atoms with van der Waals surface area (Å²) < 4.78 is 4.82. The van der Waals surface area contributed by atoms with Gasteiger partial charge in [0.25, 0.3) is 0 Å². The molecule has 3 nitrogen and oxygen atoms in total. The summed E-state index contributed by atoms with van der Waals surface area (Å²) in [6.07, 6.45) is 7.72. The molecular formula is C11H20NO2+. The van der Waals surface area contributed by atoms with Crippen LogP contribution in [0.4, 0.5) is 0 Å². The summed E-state index contributed by atoms with van der Waals surface area (Å²) in [5.74, 6) is -0.00294. The molecule has 0 aromatic rings. The zero-order valence-electron chi connectivity index (χ0n) is 8.92. The lowest BCUT2D eigenvalue weighted by molar-refractivity contribution is -0.981. The number of nitrogens with one attached hydrogen (secondary N) is 1. The van der Waals surface area contributed by atoms with Crippen molar-refractivity contribution in [3.63, 3.8) is 0 Å². The van der Waals surface area contributed by atoms with Crippen LogP contribution in [-0.2, 0) is 9.53 Å². The van der Waals surface area contributed by atoms with Crippen LogP contribution in [0.2, 0.25) is 0 Å². The van der Waals surface area contributed by atoms with E-state index in [1.807, 2.05) is 0 Å². The maximum absolute atomic E-state index is 11.4. The van der Waals surface area contributed by atoms with Crippen molar-refractivity contribution in [1.29, 1.82) is 0 Å². The van der Waals surface area contributed by atoms with Gasteiger partial charge < -0.3 is 9.64 Å². The molecule has 0 amide bonds. The highest BCUT2D eigenvalue weighted by Gasteiger charge is 2.44. The minimum absolute atomic E-state index is 0.00294. The molecule has 1 N–H and O–H groups in total. The Bertz CT molecular complexity index is 211. The topological polar surface area (TPSA) is 30.7 Å². The van der Waals surface area contributed by atoms with Gasteiger partial charge in [-0.3, -0.25) is 0 Å². The molecule has 2 aliphatic rings. The molecule has 14 heavy (non-hydrogen) atoms. The molecule has 0 radical (unpaired) electrons. The molecule has 1 saturated heterocycles. The third-order valence-corrected chi connectivity index (χ3v) is 3.78. The first-order valence-corrected chi connectivity index (χ1v) is 5.76. The number of quaternary nitrogens is 1. The highest BCUT2D eigenvalue weighted by atomic mass is 16.5. The highest BCUT2D eigenvalue weighted by Crippen LogP contribution is 2.17. The lowest BCUT2D eigenvalue weighted by Crippen LogP contribution is -3.26. The van der Waals surface area contributed by atoms with Crippen molar-refractivity contribution in [3.8, 4) is 0 Å². The van der Waals surface area contributed by atoms with E-state index in [9.17, 15) is 4.79 Å². The van der Waals surface area contributed by atoms with Crippen LogP contribution >= 0.6 is 0 Å². The van der Waals surface area contributed by atoms with E-state index in [0.29, 0.717) is 0 Å². The molecule has 80 valence electrons. The average Bonchev–Trinajstić information content (AvgIpc) is 2.17. The number of likely N-dealkylation sites (tertiary alicyclic amines) is 1. The van der Waals surface area contributed by atoms with Crippen molar-refractivity contribution in [3.05, 3.63) is 0 Å².